The lowest BCUT2D eigenvalue weighted by atomic mass is 9.61. The maximum absolute atomic E-state index is 12.8. The average Bonchev–Trinajstić information content (AvgIpc) is 2.60. The van der Waals surface area contributed by atoms with Crippen LogP contribution in [-0.4, -0.2) is 48.8 Å². The maximum Gasteiger partial charge on any atom is 0.317 e. The molecule has 0 heterocycles. The van der Waals surface area contributed by atoms with Crippen LogP contribution in [0.5, 0.6) is 5.75 Å². The second-order valence-electron chi connectivity index (χ2n) is 6.73. The van der Waals surface area contributed by atoms with Gasteiger partial charge in [0.25, 0.3) is 0 Å². The summed E-state index contributed by atoms with van der Waals surface area (Å²) in [4.78, 5) is 38.1. The predicted octanol–water partition coefficient (Wildman–Crippen LogP) is 1.86. The summed E-state index contributed by atoms with van der Waals surface area (Å²) in [6, 6.07) is 6.81. The number of hydrogen-bond donors (Lipinski definition) is 1. The van der Waals surface area contributed by atoms with E-state index in [0.29, 0.717) is 11.3 Å². The van der Waals surface area contributed by atoms with Crippen molar-refractivity contribution in [2.24, 2.45) is 11.8 Å². The van der Waals surface area contributed by atoms with E-state index < -0.39 is 41.1 Å². The summed E-state index contributed by atoms with van der Waals surface area (Å²) >= 11 is 0. The molecule has 2 rings (SSSR count). The highest BCUT2D eigenvalue weighted by atomic mass is 16.5. The molecule has 4 atom stereocenters. The highest BCUT2D eigenvalue weighted by Crippen LogP contribution is 2.48. The number of para-hydroxylation sites is 1. The van der Waals surface area contributed by atoms with E-state index >= 15 is 0 Å². The van der Waals surface area contributed by atoms with Crippen LogP contribution < -0.4 is 4.74 Å². The molecule has 1 saturated carbocycles. The van der Waals surface area contributed by atoms with Crippen LogP contribution in [0.1, 0.15) is 38.7 Å². The third-order valence-electron chi connectivity index (χ3n) is 4.85. The number of Topliss-reactive ketones (excluding diaryl/α,β-unsaturated/α-hetero) is 1. The van der Waals surface area contributed by atoms with Crippen LogP contribution in [0.15, 0.2) is 24.3 Å². The largest absolute Gasteiger partial charge is 0.496 e. The second-order valence-corrected chi connectivity index (χ2v) is 6.73. The minimum absolute atomic E-state index is 0.0989. The lowest BCUT2D eigenvalue weighted by Gasteiger charge is -2.43. The van der Waals surface area contributed by atoms with E-state index in [-0.39, 0.29) is 19.6 Å². The van der Waals surface area contributed by atoms with Gasteiger partial charge in [0, 0.05) is 12.3 Å². The van der Waals surface area contributed by atoms with Crippen molar-refractivity contribution in [1.29, 1.82) is 0 Å². The Labute approximate surface area is 158 Å². The number of aliphatic hydroxyl groups is 1. The van der Waals surface area contributed by atoms with Crippen molar-refractivity contribution < 1.29 is 33.7 Å². The summed E-state index contributed by atoms with van der Waals surface area (Å²) in [7, 11) is 1.46. The zero-order valence-corrected chi connectivity index (χ0v) is 16.1. The van der Waals surface area contributed by atoms with Crippen molar-refractivity contribution in [2.45, 2.75) is 38.7 Å². The highest BCUT2D eigenvalue weighted by molar-refractivity contribution is 6.03. The van der Waals surface area contributed by atoms with Gasteiger partial charge in [0.15, 0.2) is 5.78 Å². The Hall–Kier alpha value is -2.41. The molecule has 1 aliphatic carbocycles. The van der Waals surface area contributed by atoms with Crippen molar-refractivity contribution in [3.8, 4) is 5.75 Å². The van der Waals surface area contributed by atoms with E-state index in [1.165, 1.54) is 14.0 Å². The zero-order chi connectivity index (χ0) is 20.2. The van der Waals surface area contributed by atoms with Crippen LogP contribution in [-0.2, 0) is 23.9 Å². The van der Waals surface area contributed by atoms with Gasteiger partial charge < -0.3 is 19.3 Å². The standard InChI is InChI=1S/C20H26O7/c1-5-26-18(22)16-13(21)11-20(3,24)17(19(23)27-6-2)15(16)12-9-7-8-10-14(12)25-4/h7-10,15-17,24H,5-6,11H2,1-4H3. The molecule has 1 aromatic carbocycles. The number of hydrogen-bond acceptors (Lipinski definition) is 7. The molecule has 0 amide bonds. The Kier molecular flexibility index (Phi) is 6.59. The van der Waals surface area contributed by atoms with Crippen LogP contribution >= 0.6 is 0 Å². The number of ketones is 1. The van der Waals surface area contributed by atoms with Gasteiger partial charge in [0.1, 0.15) is 11.7 Å². The summed E-state index contributed by atoms with van der Waals surface area (Å²) in [5.74, 6) is -4.76. The monoisotopic (exact) mass is 378 g/mol. The third-order valence-corrected chi connectivity index (χ3v) is 4.85. The molecule has 0 aliphatic heterocycles. The lowest BCUT2D eigenvalue weighted by Crippen LogP contribution is -2.55. The van der Waals surface area contributed by atoms with E-state index in [1.54, 1.807) is 38.1 Å². The van der Waals surface area contributed by atoms with Gasteiger partial charge in [-0.2, -0.15) is 0 Å². The minimum Gasteiger partial charge on any atom is -0.496 e. The summed E-state index contributed by atoms with van der Waals surface area (Å²) in [5, 5.41) is 10.9. The molecule has 1 aliphatic rings. The number of esters is 2. The smallest absolute Gasteiger partial charge is 0.317 e. The fourth-order valence-electron chi connectivity index (χ4n) is 3.80. The first kappa shape index (κ1) is 20.9. The quantitative estimate of drug-likeness (QED) is 0.596. The number of methoxy groups -OCH3 is 1. The molecular formula is C20H26O7. The van der Waals surface area contributed by atoms with Crippen LogP contribution in [0.25, 0.3) is 0 Å². The molecule has 7 nitrogen and oxygen atoms in total. The van der Waals surface area contributed by atoms with E-state index in [4.69, 9.17) is 14.2 Å². The van der Waals surface area contributed by atoms with E-state index in [2.05, 4.69) is 0 Å². The zero-order valence-electron chi connectivity index (χ0n) is 16.1. The molecule has 1 aromatic rings. The molecule has 0 radical (unpaired) electrons. The minimum atomic E-state index is -1.67. The average molecular weight is 378 g/mol. The van der Waals surface area contributed by atoms with Gasteiger partial charge in [-0.3, -0.25) is 14.4 Å². The molecule has 0 bridgehead atoms. The Morgan fingerprint density at radius 2 is 1.74 bits per heavy atom. The fraction of sp³-hybridized carbons (Fsp3) is 0.550. The molecule has 1 fully saturated rings. The lowest BCUT2D eigenvalue weighted by molar-refractivity contribution is -0.172. The first-order chi connectivity index (χ1) is 12.8. The normalized spacial score (nSPS) is 27.7. The van der Waals surface area contributed by atoms with Crippen molar-refractivity contribution in [1.82, 2.24) is 0 Å². The Morgan fingerprint density at radius 3 is 2.33 bits per heavy atom. The molecule has 0 aromatic heterocycles. The summed E-state index contributed by atoms with van der Waals surface area (Å²) < 4.78 is 15.6. The molecule has 148 valence electrons. The third kappa shape index (κ3) is 4.13. The number of rotatable bonds is 6. The van der Waals surface area contributed by atoms with Crippen LogP contribution in [0.4, 0.5) is 0 Å². The highest BCUT2D eigenvalue weighted by Gasteiger charge is 2.57. The number of carbonyl (C=O) groups is 3. The molecular weight excluding hydrogens is 352 g/mol. The van der Waals surface area contributed by atoms with E-state index in [1.807, 2.05) is 0 Å². The SMILES string of the molecule is CCOC(=O)C1C(=O)CC(C)(O)C(C(=O)OCC)C1c1ccccc1OC. The van der Waals surface area contributed by atoms with Crippen molar-refractivity contribution in [3.05, 3.63) is 29.8 Å². The topological polar surface area (TPSA) is 99.1 Å². The molecule has 1 N–H and O–H groups in total. The van der Waals surface area contributed by atoms with Crippen LogP contribution in [0.2, 0.25) is 0 Å². The van der Waals surface area contributed by atoms with Crippen molar-refractivity contribution in [3.63, 3.8) is 0 Å². The van der Waals surface area contributed by atoms with Crippen LogP contribution in [0.3, 0.4) is 0 Å². The molecule has 0 spiro atoms. The number of ether oxygens (including phenoxy) is 3. The Morgan fingerprint density at radius 1 is 1.15 bits per heavy atom. The summed E-state index contributed by atoms with van der Waals surface area (Å²) in [6.45, 7) is 4.92. The summed E-state index contributed by atoms with van der Waals surface area (Å²) in [5.41, 5.74) is -1.19. The van der Waals surface area contributed by atoms with Crippen molar-refractivity contribution >= 4 is 17.7 Å². The van der Waals surface area contributed by atoms with Crippen molar-refractivity contribution in [2.75, 3.05) is 20.3 Å². The number of carbonyl (C=O) groups excluding carboxylic acids is 3. The van der Waals surface area contributed by atoms with Gasteiger partial charge in [-0.05, 0) is 32.4 Å². The first-order valence-electron chi connectivity index (χ1n) is 8.99. The van der Waals surface area contributed by atoms with Gasteiger partial charge in [-0.1, -0.05) is 18.2 Å². The summed E-state index contributed by atoms with van der Waals surface area (Å²) in [6.07, 6.45) is -0.342. The van der Waals surface area contributed by atoms with Gasteiger partial charge in [0.05, 0.1) is 31.8 Å². The Bertz CT molecular complexity index is 710. The molecule has 4 unspecified atom stereocenters. The Balaban J connectivity index is 2.67. The molecule has 7 heteroatoms. The first-order valence-corrected chi connectivity index (χ1v) is 8.99. The fourth-order valence-corrected chi connectivity index (χ4v) is 3.80. The van der Waals surface area contributed by atoms with Gasteiger partial charge in [-0.15, -0.1) is 0 Å². The van der Waals surface area contributed by atoms with Gasteiger partial charge in [-0.25, -0.2) is 0 Å². The second kappa shape index (κ2) is 8.52. The predicted molar refractivity (Wildman–Crippen MR) is 96.2 cm³/mol. The van der Waals surface area contributed by atoms with Gasteiger partial charge >= 0.3 is 11.9 Å². The molecule has 0 saturated heterocycles. The van der Waals surface area contributed by atoms with Gasteiger partial charge in [0.2, 0.25) is 0 Å². The van der Waals surface area contributed by atoms with Crippen LogP contribution in [0, 0.1) is 11.8 Å². The van der Waals surface area contributed by atoms with E-state index in [9.17, 15) is 19.5 Å². The van der Waals surface area contributed by atoms with E-state index in [0.717, 1.165) is 0 Å². The maximum atomic E-state index is 12.8. The molecule has 27 heavy (non-hydrogen) atoms. The number of benzene rings is 1.